The molecule has 0 saturated carbocycles. The second-order valence-electron chi connectivity index (χ2n) is 5.70. The average molecular weight is 325 g/mol. The molecule has 0 bridgehead atoms. The Balaban J connectivity index is 1.92. The zero-order valence-electron chi connectivity index (χ0n) is 13.4. The molecule has 2 aromatic rings. The van der Waals surface area contributed by atoms with Crippen LogP contribution >= 0.6 is 0 Å². The number of para-hydroxylation sites is 3. The third-order valence-corrected chi connectivity index (χ3v) is 3.87. The van der Waals surface area contributed by atoms with Crippen LogP contribution < -0.4 is 20.7 Å². The molecule has 1 aliphatic heterocycles. The van der Waals surface area contributed by atoms with Crippen LogP contribution in [0.5, 0.6) is 5.75 Å². The van der Waals surface area contributed by atoms with Crippen LogP contribution in [0.1, 0.15) is 12.5 Å². The Labute approximate surface area is 140 Å². The van der Waals surface area contributed by atoms with E-state index in [1.807, 2.05) is 53.4 Å². The molecule has 0 spiro atoms. The number of ether oxygens (including phenoxy) is 1. The quantitative estimate of drug-likeness (QED) is 0.899. The molecule has 0 saturated heterocycles. The smallest absolute Gasteiger partial charge is 0.260 e. The van der Waals surface area contributed by atoms with E-state index in [2.05, 4.69) is 5.32 Å². The van der Waals surface area contributed by atoms with Crippen LogP contribution in [-0.2, 0) is 16.1 Å². The fraction of sp³-hybridized carbons (Fsp3) is 0.222. The average Bonchev–Trinajstić information content (AvgIpc) is 2.56. The second-order valence-corrected chi connectivity index (χ2v) is 5.70. The number of fused-ring (bicyclic) bond motifs is 1. The predicted octanol–water partition coefficient (Wildman–Crippen LogP) is 1.90. The number of benzene rings is 2. The van der Waals surface area contributed by atoms with E-state index in [1.54, 1.807) is 0 Å². The highest BCUT2D eigenvalue weighted by Gasteiger charge is 2.29. The first-order chi connectivity index (χ1) is 11.5. The Morgan fingerprint density at radius 1 is 1.21 bits per heavy atom. The van der Waals surface area contributed by atoms with Crippen molar-refractivity contribution < 1.29 is 14.3 Å². The Kier molecular flexibility index (Phi) is 4.37. The molecule has 1 aliphatic rings. The van der Waals surface area contributed by atoms with Gasteiger partial charge in [0.1, 0.15) is 5.75 Å². The lowest BCUT2D eigenvalue weighted by Gasteiger charge is -2.35. The van der Waals surface area contributed by atoms with Gasteiger partial charge in [-0.3, -0.25) is 9.59 Å². The molecular formula is C18H19N3O3. The summed E-state index contributed by atoms with van der Waals surface area (Å²) >= 11 is 0. The van der Waals surface area contributed by atoms with Crippen molar-refractivity contribution in [2.24, 2.45) is 5.73 Å². The number of nitrogens with two attached hydrogens (primary N) is 1. The van der Waals surface area contributed by atoms with Crippen LogP contribution in [0.4, 0.5) is 11.4 Å². The molecule has 0 aromatic heterocycles. The first kappa shape index (κ1) is 15.9. The summed E-state index contributed by atoms with van der Waals surface area (Å²) < 4.78 is 5.67. The maximum Gasteiger partial charge on any atom is 0.260 e. The highest BCUT2D eigenvalue weighted by molar-refractivity contribution is 5.89. The largest absolute Gasteiger partial charge is 0.477 e. The molecule has 0 fully saturated rings. The van der Waals surface area contributed by atoms with Gasteiger partial charge in [-0.1, -0.05) is 30.3 Å². The third-order valence-electron chi connectivity index (χ3n) is 3.87. The van der Waals surface area contributed by atoms with E-state index in [9.17, 15) is 9.59 Å². The van der Waals surface area contributed by atoms with E-state index < -0.39 is 12.0 Å². The van der Waals surface area contributed by atoms with Crippen molar-refractivity contribution in [1.82, 2.24) is 0 Å². The van der Waals surface area contributed by atoms with Crippen molar-refractivity contribution in [3.8, 4) is 5.75 Å². The monoisotopic (exact) mass is 325 g/mol. The Hall–Kier alpha value is -3.02. The number of carbonyl (C=O) groups excluding carboxylic acids is 2. The minimum Gasteiger partial charge on any atom is -0.477 e. The molecule has 6 heteroatoms. The molecule has 124 valence electrons. The van der Waals surface area contributed by atoms with Gasteiger partial charge in [-0.15, -0.1) is 0 Å². The van der Waals surface area contributed by atoms with Gasteiger partial charge in [0.2, 0.25) is 5.91 Å². The Morgan fingerprint density at radius 2 is 1.92 bits per heavy atom. The number of amides is 2. The third kappa shape index (κ3) is 3.32. The van der Waals surface area contributed by atoms with Gasteiger partial charge in [-0.2, -0.15) is 0 Å². The fourth-order valence-electron chi connectivity index (χ4n) is 2.78. The number of primary amides is 1. The molecule has 2 aromatic carbocycles. The molecule has 3 rings (SSSR count). The lowest BCUT2D eigenvalue weighted by Crippen LogP contribution is -2.47. The highest BCUT2D eigenvalue weighted by Crippen LogP contribution is 2.34. The highest BCUT2D eigenvalue weighted by atomic mass is 16.5. The van der Waals surface area contributed by atoms with Crippen molar-refractivity contribution in [3.63, 3.8) is 0 Å². The molecule has 1 atom stereocenters. The molecule has 0 radical (unpaired) electrons. The lowest BCUT2D eigenvalue weighted by molar-refractivity contribution is -0.124. The lowest BCUT2D eigenvalue weighted by atomic mass is 10.1. The van der Waals surface area contributed by atoms with Crippen molar-refractivity contribution in [3.05, 3.63) is 54.1 Å². The molecule has 2 amide bonds. The Bertz CT molecular complexity index is 776. The molecular weight excluding hydrogens is 306 g/mol. The molecule has 1 heterocycles. The van der Waals surface area contributed by atoms with E-state index in [1.165, 1.54) is 6.92 Å². The standard InChI is InChI=1S/C18H19N3O3/c1-12(22)20-14-7-3-2-6-13(14)10-21-11-17(18(19)23)24-16-9-5-4-8-15(16)21/h2-9,17H,10-11H2,1H3,(H2,19,23)(H,20,22). The Morgan fingerprint density at radius 3 is 2.67 bits per heavy atom. The van der Waals surface area contributed by atoms with Gasteiger partial charge in [-0.05, 0) is 23.8 Å². The summed E-state index contributed by atoms with van der Waals surface area (Å²) in [4.78, 5) is 25.0. The summed E-state index contributed by atoms with van der Waals surface area (Å²) in [5, 5.41) is 2.83. The minimum atomic E-state index is -0.701. The van der Waals surface area contributed by atoms with E-state index >= 15 is 0 Å². The number of nitrogens with zero attached hydrogens (tertiary/aromatic N) is 1. The van der Waals surface area contributed by atoms with Crippen LogP contribution in [0.2, 0.25) is 0 Å². The number of hydrogen-bond acceptors (Lipinski definition) is 4. The molecule has 24 heavy (non-hydrogen) atoms. The van der Waals surface area contributed by atoms with Gasteiger partial charge in [-0.25, -0.2) is 0 Å². The number of anilines is 2. The predicted molar refractivity (Wildman–Crippen MR) is 91.8 cm³/mol. The van der Waals surface area contributed by atoms with Gasteiger partial charge in [0.25, 0.3) is 5.91 Å². The summed E-state index contributed by atoms with van der Waals surface area (Å²) in [5.41, 5.74) is 8.03. The van der Waals surface area contributed by atoms with E-state index in [-0.39, 0.29) is 5.91 Å². The number of hydrogen-bond donors (Lipinski definition) is 2. The van der Waals surface area contributed by atoms with Crippen LogP contribution in [0, 0.1) is 0 Å². The second kappa shape index (κ2) is 6.62. The van der Waals surface area contributed by atoms with Crippen molar-refractivity contribution >= 4 is 23.2 Å². The zero-order chi connectivity index (χ0) is 17.1. The first-order valence-electron chi connectivity index (χ1n) is 7.70. The maximum absolute atomic E-state index is 11.6. The summed E-state index contributed by atoms with van der Waals surface area (Å²) in [6.45, 7) is 2.37. The van der Waals surface area contributed by atoms with Gasteiger partial charge < -0.3 is 20.7 Å². The number of carbonyl (C=O) groups is 2. The van der Waals surface area contributed by atoms with E-state index in [0.717, 1.165) is 16.9 Å². The normalized spacial score (nSPS) is 16.0. The maximum atomic E-state index is 11.6. The number of rotatable bonds is 4. The summed E-state index contributed by atoms with van der Waals surface area (Å²) in [7, 11) is 0. The molecule has 1 unspecified atom stereocenters. The van der Waals surface area contributed by atoms with E-state index in [0.29, 0.717) is 18.8 Å². The van der Waals surface area contributed by atoms with Crippen LogP contribution in [-0.4, -0.2) is 24.5 Å². The first-order valence-corrected chi connectivity index (χ1v) is 7.70. The molecule has 3 N–H and O–H groups in total. The van der Waals surface area contributed by atoms with Crippen LogP contribution in [0.3, 0.4) is 0 Å². The summed E-state index contributed by atoms with van der Waals surface area (Å²) in [5.74, 6) is 0.00838. The molecule has 0 aliphatic carbocycles. The summed E-state index contributed by atoms with van der Waals surface area (Å²) in [6.07, 6.45) is -0.701. The zero-order valence-corrected chi connectivity index (χ0v) is 13.4. The van der Waals surface area contributed by atoms with Gasteiger partial charge >= 0.3 is 0 Å². The number of nitrogens with one attached hydrogen (secondary N) is 1. The molecule has 6 nitrogen and oxygen atoms in total. The summed E-state index contributed by atoms with van der Waals surface area (Å²) in [6, 6.07) is 15.1. The van der Waals surface area contributed by atoms with Crippen LogP contribution in [0.15, 0.2) is 48.5 Å². The van der Waals surface area contributed by atoms with Gasteiger partial charge in [0.15, 0.2) is 6.10 Å². The van der Waals surface area contributed by atoms with Crippen molar-refractivity contribution in [2.45, 2.75) is 19.6 Å². The van der Waals surface area contributed by atoms with Crippen molar-refractivity contribution in [2.75, 3.05) is 16.8 Å². The van der Waals surface area contributed by atoms with Gasteiger partial charge in [0.05, 0.1) is 12.2 Å². The van der Waals surface area contributed by atoms with E-state index in [4.69, 9.17) is 10.5 Å². The van der Waals surface area contributed by atoms with Gasteiger partial charge in [0, 0.05) is 19.2 Å². The fourth-order valence-corrected chi connectivity index (χ4v) is 2.78. The van der Waals surface area contributed by atoms with Crippen LogP contribution in [0.25, 0.3) is 0 Å². The minimum absolute atomic E-state index is 0.125. The topological polar surface area (TPSA) is 84.7 Å². The SMILES string of the molecule is CC(=O)Nc1ccccc1CN1CC(C(N)=O)Oc2ccccc21. The van der Waals surface area contributed by atoms with Crippen molar-refractivity contribution in [1.29, 1.82) is 0 Å².